The molecule has 1 unspecified atom stereocenters. The molecule has 2 N–H and O–H groups in total. The Morgan fingerprint density at radius 1 is 1.33 bits per heavy atom. The van der Waals surface area contributed by atoms with Gasteiger partial charge in [-0.25, -0.2) is 4.79 Å². The van der Waals surface area contributed by atoms with Crippen LogP contribution in [-0.4, -0.2) is 18.0 Å². The van der Waals surface area contributed by atoms with Gasteiger partial charge in [0.15, 0.2) is 0 Å². The average Bonchev–Trinajstić information content (AvgIpc) is 1.82. The number of imide groups is 1. The number of amides is 3. The maximum absolute atomic E-state index is 11.0. The minimum Gasteiger partial charge on any atom is -0.334 e. The summed E-state index contributed by atoms with van der Waals surface area (Å²) in [7, 11) is 0. The lowest BCUT2D eigenvalue weighted by molar-refractivity contribution is -0.122. The van der Waals surface area contributed by atoms with Crippen LogP contribution in [0, 0.1) is 5.41 Å². The van der Waals surface area contributed by atoms with E-state index in [4.69, 9.17) is 0 Å². The lowest BCUT2D eigenvalue weighted by Crippen LogP contribution is -2.56. The number of urea groups is 1. The highest BCUT2D eigenvalue weighted by molar-refractivity contribution is 5.97. The second-order valence-electron chi connectivity index (χ2n) is 4.14. The van der Waals surface area contributed by atoms with E-state index in [2.05, 4.69) is 10.6 Å². The van der Waals surface area contributed by atoms with Crippen molar-refractivity contribution in [2.75, 3.05) is 0 Å². The fourth-order valence-corrected chi connectivity index (χ4v) is 1.13. The molecule has 68 valence electrons. The molecule has 1 saturated heterocycles. The van der Waals surface area contributed by atoms with E-state index in [0.29, 0.717) is 6.42 Å². The Hall–Kier alpha value is -1.06. The molecule has 1 aliphatic rings. The molecule has 0 radical (unpaired) electrons. The molecule has 4 nitrogen and oxygen atoms in total. The van der Waals surface area contributed by atoms with Gasteiger partial charge in [0.05, 0.1) is 0 Å². The van der Waals surface area contributed by atoms with Crippen molar-refractivity contribution in [3.8, 4) is 0 Å². The summed E-state index contributed by atoms with van der Waals surface area (Å²) in [5.74, 6) is -0.196. The van der Waals surface area contributed by atoms with Crippen molar-refractivity contribution in [3.05, 3.63) is 0 Å². The molecule has 0 saturated carbocycles. The minimum atomic E-state index is -0.383. The summed E-state index contributed by atoms with van der Waals surface area (Å²) >= 11 is 0. The third kappa shape index (κ3) is 1.96. The number of rotatable bonds is 0. The van der Waals surface area contributed by atoms with Gasteiger partial charge in [-0.3, -0.25) is 10.1 Å². The average molecular weight is 170 g/mol. The molecule has 1 heterocycles. The first-order chi connectivity index (χ1) is 5.39. The van der Waals surface area contributed by atoms with E-state index < -0.39 is 0 Å². The second-order valence-corrected chi connectivity index (χ2v) is 4.14. The molecule has 0 bridgehead atoms. The van der Waals surface area contributed by atoms with E-state index in [1.54, 1.807) is 0 Å². The Bertz CT molecular complexity index is 202. The summed E-state index contributed by atoms with van der Waals surface area (Å²) in [6, 6.07) is -0.440. The maximum Gasteiger partial charge on any atom is 0.321 e. The molecule has 3 amide bonds. The molecule has 1 fully saturated rings. The number of nitrogens with one attached hydrogen (secondary N) is 2. The molecule has 0 aliphatic carbocycles. The first-order valence-corrected chi connectivity index (χ1v) is 4.00. The Morgan fingerprint density at radius 3 is 2.33 bits per heavy atom. The van der Waals surface area contributed by atoms with Crippen molar-refractivity contribution in [2.24, 2.45) is 5.41 Å². The van der Waals surface area contributed by atoms with Crippen LogP contribution in [0.15, 0.2) is 0 Å². The fraction of sp³-hybridized carbons (Fsp3) is 0.750. The highest BCUT2D eigenvalue weighted by Crippen LogP contribution is 2.22. The summed E-state index contributed by atoms with van der Waals surface area (Å²) in [5.41, 5.74) is -0.0621. The number of carbonyl (C=O) groups is 2. The molecule has 1 rings (SSSR count). The Kier molecular flexibility index (Phi) is 2.08. The van der Waals surface area contributed by atoms with E-state index in [0.717, 1.165) is 0 Å². The standard InChI is InChI=1S/C8H14N2O2/c1-8(2,3)5-4-6(11)10-7(12)9-5/h5H,4H2,1-3H3,(H2,9,10,11,12). The zero-order chi connectivity index (χ0) is 9.35. The molecule has 0 spiro atoms. The Balaban J connectivity index is 2.68. The first-order valence-electron chi connectivity index (χ1n) is 4.00. The predicted molar refractivity (Wildman–Crippen MR) is 44.5 cm³/mol. The van der Waals surface area contributed by atoms with Crippen LogP contribution in [0.25, 0.3) is 0 Å². The zero-order valence-corrected chi connectivity index (χ0v) is 7.60. The first kappa shape index (κ1) is 9.03. The van der Waals surface area contributed by atoms with Gasteiger partial charge in [0, 0.05) is 12.5 Å². The topological polar surface area (TPSA) is 58.2 Å². The third-order valence-electron chi connectivity index (χ3n) is 1.99. The quantitative estimate of drug-likeness (QED) is 0.560. The zero-order valence-electron chi connectivity index (χ0n) is 7.60. The van der Waals surface area contributed by atoms with Crippen molar-refractivity contribution >= 4 is 11.9 Å². The van der Waals surface area contributed by atoms with Crippen molar-refractivity contribution < 1.29 is 9.59 Å². The molecular formula is C8H14N2O2. The fourth-order valence-electron chi connectivity index (χ4n) is 1.13. The maximum atomic E-state index is 11.0. The van der Waals surface area contributed by atoms with Crippen LogP contribution in [0.2, 0.25) is 0 Å². The summed E-state index contributed by atoms with van der Waals surface area (Å²) in [4.78, 5) is 21.8. The molecule has 0 aromatic heterocycles. The van der Waals surface area contributed by atoms with E-state index in [1.165, 1.54) is 0 Å². The third-order valence-corrected chi connectivity index (χ3v) is 1.99. The van der Waals surface area contributed by atoms with Gasteiger partial charge in [0.2, 0.25) is 5.91 Å². The largest absolute Gasteiger partial charge is 0.334 e. The van der Waals surface area contributed by atoms with Crippen LogP contribution in [0.4, 0.5) is 4.79 Å². The second kappa shape index (κ2) is 2.77. The van der Waals surface area contributed by atoms with Crippen LogP contribution >= 0.6 is 0 Å². The number of hydrogen-bond donors (Lipinski definition) is 2. The van der Waals surface area contributed by atoms with E-state index in [-0.39, 0.29) is 23.4 Å². The van der Waals surface area contributed by atoms with Crippen molar-refractivity contribution in [2.45, 2.75) is 33.2 Å². The van der Waals surface area contributed by atoms with Gasteiger partial charge < -0.3 is 5.32 Å². The predicted octanol–water partition coefficient (Wildman–Crippen LogP) is 0.631. The lowest BCUT2D eigenvalue weighted by Gasteiger charge is -2.33. The van der Waals surface area contributed by atoms with Crippen LogP contribution in [0.5, 0.6) is 0 Å². The number of hydrogen-bond acceptors (Lipinski definition) is 2. The minimum absolute atomic E-state index is 0.0567. The summed E-state index contributed by atoms with van der Waals surface area (Å²) < 4.78 is 0. The SMILES string of the molecule is CC(C)(C)C1CC(=O)NC(=O)N1. The highest BCUT2D eigenvalue weighted by atomic mass is 16.2. The molecule has 0 aromatic rings. The summed E-state index contributed by atoms with van der Waals surface area (Å²) in [6.07, 6.45) is 0.370. The number of carbonyl (C=O) groups excluding carboxylic acids is 2. The normalized spacial score (nSPS) is 24.8. The highest BCUT2D eigenvalue weighted by Gasteiger charge is 2.32. The molecule has 1 atom stereocenters. The molecule has 1 aliphatic heterocycles. The Labute approximate surface area is 71.7 Å². The lowest BCUT2D eigenvalue weighted by atomic mass is 9.84. The van der Waals surface area contributed by atoms with Gasteiger partial charge in [0.1, 0.15) is 0 Å². The van der Waals surface area contributed by atoms with Crippen LogP contribution in [0.1, 0.15) is 27.2 Å². The monoisotopic (exact) mass is 170 g/mol. The molecular weight excluding hydrogens is 156 g/mol. The molecule has 0 aromatic carbocycles. The van der Waals surface area contributed by atoms with Gasteiger partial charge in [-0.1, -0.05) is 20.8 Å². The van der Waals surface area contributed by atoms with Gasteiger partial charge in [-0.05, 0) is 5.41 Å². The smallest absolute Gasteiger partial charge is 0.321 e. The van der Waals surface area contributed by atoms with E-state index >= 15 is 0 Å². The van der Waals surface area contributed by atoms with Gasteiger partial charge in [-0.2, -0.15) is 0 Å². The van der Waals surface area contributed by atoms with Crippen molar-refractivity contribution in [3.63, 3.8) is 0 Å². The van der Waals surface area contributed by atoms with Crippen molar-refractivity contribution in [1.29, 1.82) is 0 Å². The Morgan fingerprint density at radius 2 is 1.92 bits per heavy atom. The van der Waals surface area contributed by atoms with Crippen LogP contribution in [-0.2, 0) is 4.79 Å². The van der Waals surface area contributed by atoms with E-state index in [9.17, 15) is 9.59 Å². The van der Waals surface area contributed by atoms with E-state index in [1.807, 2.05) is 20.8 Å². The van der Waals surface area contributed by atoms with Gasteiger partial charge in [-0.15, -0.1) is 0 Å². The van der Waals surface area contributed by atoms with Gasteiger partial charge in [0.25, 0.3) is 0 Å². The summed E-state index contributed by atoms with van der Waals surface area (Å²) in [6.45, 7) is 5.99. The van der Waals surface area contributed by atoms with Crippen LogP contribution in [0.3, 0.4) is 0 Å². The van der Waals surface area contributed by atoms with Crippen LogP contribution < -0.4 is 10.6 Å². The van der Waals surface area contributed by atoms with Crippen molar-refractivity contribution in [1.82, 2.24) is 10.6 Å². The molecule has 12 heavy (non-hydrogen) atoms. The summed E-state index contributed by atoms with van der Waals surface area (Å²) in [5, 5.41) is 4.91. The van der Waals surface area contributed by atoms with Gasteiger partial charge >= 0.3 is 6.03 Å². The molecule has 4 heteroatoms.